The summed E-state index contributed by atoms with van der Waals surface area (Å²) >= 11 is -0.750. The van der Waals surface area contributed by atoms with Gasteiger partial charge in [-0.2, -0.15) is 8.42 Å². The van der Waals surface area contributed by atoms with E-state index in [0.717, 1.165) is 112 Å². The van der Waals surface area contributed by atoms with E-state index in [1.165, 1.54) is 6.42 Å². The number of ketones is 1. The van der Waals surface area contributed by atoms with Gasteiger partial charge in [-0.1, -0.05) is 57.2 Å². The van der Waals surface area contributed by atoms with Crippen LogP contribution < -0.4 is 14.2 Å². The van der Waals surface area contributed by atoms with Crippen LogP contribution in [-0.2, 0) is 51.9 Å². The number of benzene rings is 1. The lowest BCUT2D eigenvalue weighted by Gasteiger charge is -2.34. The number of hydrogen-bond donors (Lipinski definition) is 1. The number of fused-ring (bicyclic) bond motifs is 5. The first-order chi connectivity index (χ1) is 32.7. The highest BCUT2D eigenvalue weighted by atomic mass is 32.2. The molecule has 2 aromatic rings. The van der Waals surface area contributed by atoms with E-state index in [2.05, 4.69) is 23.1 Å². The van der Waals surface area contributed by atoms with Gasteiger partial charge < -0.3 is 24.0 Å². The molecule has 0 spiro atoms. The molecule has 9 rings (SSSR count). The van der Waals surface area contributed by atoms with Crippen LogP contribution in [0.4, 0.5) is 0 Å². The second kappa shape index (κ2) is 21.4. The molecule has 4 heterocycles. The molecule has 1 aromatic carbocycles. The number of nitrogens with zero attached hydrogens (tertiary/aromatic N) is 3. The molecule has 0 radical (unpaired) electrons. The number of carbonyl (C=O) groups is 4. The van der Waals surface area contributed by atoms with Gasteiger partial charge in [-0.25, -0.2) is 13.4 Å². The SMILES string of the molecule is C=C[C@@H]1C[C@]1(CC(=O)[C@@H]1C[C@@H]2CN1C(=O)[C@H](C1CCCCC1)CC(=O)O[C@@H]1C[C@H]1CCCCCc1c(nc3ccccc3c1OCCCN1CCC(C)C1)O2)C(=O)NS(=O)(=O)C1(C)CC1.O=S=O. The number of amides is 2. The van der Waals surface area contributed by atoms with Gasteiger partial charge in [0.05, 0.1) is 52.8 Å². The summed E-state index contributed by atoms with van der Waals surface area (Å²) < 4.78 is 64.2. The summed E-state index contributed by atoms with van der Waals surface area (Å²) in [6.07, 6.45) is 13.9. The standard InChI is InChI=1S/C51H70N4O9S.O2S/c1-4-36-29-51(36,49(59)53-65(60,61)50(3)21-22-50)30-43(56)42-27-37-32-55(42)48(58)40(34-14-7-5-8-15-34)28-45(57)64-44-26-35(44)16-9-6-10-18-39-46(62-25-13-23-54-24-20-33(2)31-54)38-17-11-12-19-41(38)52-47(39)63-37;1-3-2/h4,11-12,17,19,33-37,40,42,44H,1,5-10,13-16,18,20-32H2,2-3H3,(H,53,59);/t33?,35-,36-,37-,40+,42+,44-,51-;/m1./s1. The second-order valence-corrected chi connectivity index (χ2v) is 23.6. The van der Waals surface area contributed by atoms with Crippen molar-refractivity contribution in [1.29, 1.82) is 0 Å². The summed E-state index contributed by atoms with van der Waals surface area (Å²) in [4.78, 5) is 67.1. The van der Waals surface area contributed by atoms with Crippen LogP contribution in [0, 0.1) is 35.0 Å². The van der Waals surface area contributed by atoms with Gasteiger partial charge >= 0.3 is 17.5 Å². The van der Waals surface area contributed by atoms with Crippen LogP contribution in [0.5, 0.6) is 11.6 Å². The van der Waals surface area contributed by atoms with Crippen molar-refractivity contribution >= 4 is 56.1 Å². The summed E-state index contributed by atoms with van der Waals surface area (Å²) in [7, 11) is -3.96. The lowest BCUT2D eigenvalue weighted by Crippen LogP contribution is -2.48. The van der Waals surface area contributed by atoms with Gasteiger partial charge in [0.2, 0.25) is 27.7 Å². The van der Waals surface area contributed by atoms with Crippen molar-refractivity contribution < 1.29 is 50.2 Å². The van der Waals surface area contributed by atoms with Gasteiger partial charge in [-0.15, -0.1) is 6.58 Å². The highest BCUT2D eigenvalue weighted by Gasteiger charge is 2.62. The third-order valence-electron chi connectivity index (χ3n) is 16.2. The normalized spacial score (nSPS) is 30.7. The number of esters is 1. The van der Waals surface area contributed by atoms with E-state index < -0.39 is 61.6 Å². The van der Waals surface area contributed by atoms with Crippen molar-refractivity contribution in [2.45, 2.75) is 159 Å². The van der Waals surface area contributed by atoms with Crippen molar-refractivity contribution in [2.75, 3.05) is 32.8 Å². The monoisotopic (exact) mass is 978 g/mol. The molecule has 1 unspecified atom stereocenters. The number of nitrogens with one attached hydrogen (secondary N) is 1. The second-order valence-electron chi connectivity index (χ2n) is 21.3. The highest BCUT2D eigenvalue weighted by molar-refractivity contribution is 7.91. The fourth-order valence-corrected chi connectivity index (χ4v) is 12.9. The van der Waals surface area contributed by atoms with Crippen LogP contribution in [0.15, 0.2) is 36.9 Å². The number of allylic oxidation sites excluding steroid dienone is 1. The van der Waals surface area contributed by atoms with Crippen LogP contribution in [0.3, 0.4) is 0 Å². The largest absolute Gasteiger partial charge is 0.492 e. The van der Waals surface area contributed by atoms with Crippen molar-refractivity contribution in [1.82, 2.24) is 19.5 Å². The maximum absolute atomic E-state index is 15.2. The zero-order valence-electron chi connectivity index (χ0n) is 39.8. The third kappa shape index (κ3) is 11.4. The molecule has 2 saturated heterocycles. The molecular formula is C51H70N4O11S2. The summed E-state index contributed by atoms with van der Waals surface area (Å²) in [5, 5.41) is 0.920. The molecule has 17 heteroatoms. The lowest BCUT2D eigenvalue weighted by atomic mass is 9.77. The summed E-state index contributed by atoms with van der Waals surface area (Å²) in [6.45, 7) is 11.7. The third-order valence-corrected chi connectivity index (χ3v) is 18.4. The molecule has 7 aliphatic rings. The zero-order chi connectivity index (χ0) is 48.2. The van der Waals surface area contributed by atoms with Crippen molar-refractivity contribution in [3.63, 3.8) is 0 Å². The maximum atomic E-state index is 15.2. The van der Waals surface area contributed by atoms with Crippen LogP contribution in [-0.4, -0.2) is 111 Å². The Kier molecular flexibility index (Phi) is 15.8. The van der Waals surface area contributed by atoms with Crippen LogP contribution in [0.2, 0.25) is 0 Å². The number of ether oxygens (including phenoxy) is 3. The smallest absolute Gasteiger partial charge is 0.335 e. The van der Waals surface area contributed by atoms with E-state index in [0.29, 0.717) is 43.6 Å². The van der Waals surface area contributed by atoms with E-state index in [4.69, 9.17) is 27.6 Å². The zero-order valence-corrected chi connectivity index (χ0v) is 41.5. The Bertz CT molecular complexity index is 2360. The van der Waals surface area contributed by atoms with E-state index >= 15 is 4.79 Å². The molecule has 2 bridgehead atoms. The molecular weight excluding hydrogens is 909 g/mol. The van der Waals surface area contributed by atoms with Gasteiger partial charge in [0.1, 0.15) is 18.0 Å². The summed E-state index contributed by atoms with van der Waals surface area (Å²) in [5.41, 5.74) is 0.327. The number of hydrogen-bond acceptors (Lipinski definition) is 13. The van der Waals surface area contributed by atoms with E-state index in [1.807, 2.05) is 24.3 Å². The van der Waals surface area contributed by atoms with Crippen molar-refractivity contribution in [2.24, 2.45) is 35.0 Å². The average Bonchev–Trinajstić information content (AvgIpc) is 4.27. The minimum absolute atomic E-state index is 0.0397. The Balaban J connectivity index is 0.00000203. The van der Waals surface area contributed by atoms with E-state index in [-0.39, 0.29) is 61.9 Å². The van der Waals surface area contributed by atoms with Crippen LogP contribution in [0.1, 0.15) is 135 Å². The number of Topliss-reactive ketones (excluding diaryl/α,β-unsaturated/α-hetero) is 1. The van der Waals surface area contributed by atoms with Gasteiger partial charge in [0.25, 0.3) is 0 Å². The fourth-order valence-electron chi connectivity index (χ4n) is 11.5. The summed E-state index contributed by atoms with van der Waals surface area (Å²) in [5.74, 6) is -0.533. The first kappa shape index (κ1) is 50.2. The maximum Gasteiger partial charge on any atom is 0.335 e. The average molecular weight is 979 g/mol. The van der Waals surface area contributed by atoms with Crippen molar-refractivity contribution in [3.8, 4) is 11.6 Å². The lowest BCUT2D eigenvalue weighted by molar-refractivity contribution is -0.153. The fraction of sp³-hybridized carbons (Fsp3) is 0.706. The van der Waals surface area contributed by atoms with Gasteiger partial charge in [0, 0.05) is 31.3 Å². The van der Waals surface area contributed by atoms with E-state index in [1.54, 1.807) is 17.9 Å². The molecule has 6 fully saturated rings. The molecule has 15 nitrogen and oxygen atoms in total. The van der Waals surface area contributed by atoms with Gasteiger partial charge in [-0.3, -0.25) is 23.9 Å². The Morgan fingerprint density at radius 1 is 0.985 bits per heavy atom. The first-order valence-corrected chi connectivity index (χ1v) is 27.4. The Morgan fingerprint density at radius 3 is 2.40 bits per heavy atom. The number of para-hydroxylation sites is 1. The quantitative estimate of drug-likeness (QED) is 0.125. The molecule has 3 aliphatic heterocycles. The van der Waals surface area contributed by atoms with Crippen molar-refractivity contribution in [3.05, 3.63) is 42.5 Å². The molecule has 8 atom stereocenters. The predicted molar refractivity (Wildman–Crippen MR) is 255 cm³/mol. The number of aromatic nitrogens is 1. The van der Waals surface area contributed by atoms with E-state index in [9.17, 15) is 22.8 Å². The van der Waals surface area contributed by atoms with Crippen LogP contribution in [0.25, 0.3) is 10.9 Å². The number of carbonyl (C=O) groups excluding carboxylic acids is 4. The summed E-state index contributed by atoms with van der Waals surface area (Å²) in [6, 6.07) is 6.99. The minimum atomic E-state index is -3.96. The topological polar surface area (TPSA) is 196 Å². The first-order valence-electron chi connectivity index (χ1n) is 25.3. The number of likely N-dealkylation sites (tertiary alicyclic amines) is 1. The van der Waals surface area contributed by atoms with Crippen LogP contribution >= 0.6 is 0 Å². The highest BCUT2D eigenvalue weighted by Crippen LogP contribution is 2.57. The molecule has 2 amide bonds. The van der Waals surface area contributed by atoms with Gasteiger partial charge in [0.15, 0.2) is 5.78 Å². The molecule has 68 heavy (non-hydrogen) atoms. The Morgan fingerprint density at radius 2 is 1.71 bits per heavy atom. The Hall–Kier alpha value is -4.22. The predicted octanol–water partition coefficient (Wildman–Crippen LogP) is 6.81. The minimum Gasteiger partial charge on any atom is -0.492 e. The molecule has 4 aliphatic carbocycles. The molecule has 1 N–H and O–H groups in total. The van der Waals surface area contributed by atoms with Gasteiger partial charge in [-0.05, 0) is 120 Å². The molecule has 1 aromatic heterocycles. The molecule has 372 valence electrons. The number of sulfonamides is 1. The molecule has 4 saturated carbocycles. The Labute approximate surface area is 404 Å². The number of rotatable bonds is 13. The number of pyridine rings is 1.